The van der Waals surface area contributed by atoms with Crippen molar-refractivity contribution in [1.82, 2.24) is 9.88 Å². The highest BCUT2D eigenvalue weighted by Gasteiger charge is 2.22. The molecule has 5 nitrogen and oxygen atoms in total. The number of fused-ring (bicyclic) bond motifs is 1. The maximum Gasteiger partial charge on any atom is 0.323 e. The van der Waals surface area contributed by atoms with Gasteiger partial charge in [0, 0.05) is 24.0 Å². The Hall–Kier alpha value is -2.64. The molecule has 0 aliphatic heterocycles. The van der Waals surface area contributed by atoms with Gasteiger partial charge in [0.25, 0.3) is 5.91 Å². The molecule has 0 fully saturated rings. The SMILES string of the molecule is CN(CC(=O)O)C(=O)c1nccc2c(F)c(F)c(F)cc12. The molecule has 8 heteroatoms. The van der Waals surface area contributed by atoms with Gasteiger partial charge in [0.1, 0.15) is 12.2 Å². The Kier molecular flexibility index (Phi) is 3.79. The molecule has 0 saturated heterocycles. The molecular formula is C13H9F3N2O3. The van der Waals surface area contributed by atoms with Crippen molar-refractivity contribution >= 4 is 22.6 Å². The number of benzene rings is 1. The number of aromatic nitrogens is 1. The lowest BCUT2D eigenvalue weighted by atomic mass is 10.1. The molecule has 0 spiro atoms. The highest BCUT2D eigenvalue weighted by Crippen LogP contribution is 2.25. The predicted octanol–water partition coefficient (Wildman–Crippen LogP) is 1.81. The third-order valence-electron chi connectivity index (χ3n) is 2.82. The summed E-state index contributed by atoms with van der Waals surface area (Å²) in [6.45, 7) is -0.608. The van der Waals surface area contributed by atoms with E-state index in [1.165, 1.54) is 7.05 Å². The van der Waals surface area contributed by atoms with Crippen LogP contribution in [0.4, 0.5) is 13.2 Å². The molecule has 1 N–H and O–H groups in total. The molecule has 0 atom stereocenters. The lowest BCUT2D eigenvalue weighted by Gasteiger charge is -2.15. The summed E-state index contributed by atoms with van der Waals surface area (Å²) in [5.74, 6) is -6.63. The number of aliphatic carboxylic acids is 1. The predicted molar refractivity (Wildman–Crippen MR) is 66.2 cm³/mol. The summed E-state index contributed by atoms with van der Waals surface area (Å²) in [7, 11) is 1.20. The first-order chi connectivity index (χ1) is 9.82. The first-order valence-electron chi connectivity index (χ1n) is 5.72. The second-order valence-electron chi connectivity index (χ2n) is 4.30. The zero-order valence-electron chi connectivity index (χ0n) is 10.7. The summed E-state index contributed by atoms with van der Waals surface area (Å²) < 4.78 is 40.1. The maximum atomic E-state index is 13.7. The van der Waals surface area contributed by atoms with E-state index in [1.807, 2.05) is 0 Å². The average Bonchev–Trinajstić information content (AvgIpc) is 2.43. The average molecular weight is 298 g/mol. The van der Waals surface area contributed by atoms with Gasteiger partial charge in [-0.15, -0.1) is 0 Å². The Balaban J connectivity index is 2.60. The molecule has 1 amide bonds. The molecule has 1 aromatic carbocycles. The molecule has 0 unspecified atom stereocenters. The molecule has 0 bridgehead atoms. The fraction of sp³-hybridized carbons (Fsp3) is 0.154. The van der Waals surface area contributed by atoms with E-state index in [9.17, 15) is 22.8 Å². The van der Waals surface area contributed by atoms with Gasteiger partial charge >= 0.3 is 5.97 Å². The first-order valence-corrected chi connectivity index (χ1v) is 5.72. The Labute approximate surface area is 116 Å². The van der Waals surface area contributed by atoms with Crippen LogP contribution >= 0.6 is 0 Å². The van der Waals surface area contributed by atoms with Gasteiger partial charge in [0.15, 0.2) is 17.5 Å². The van der Waals surface area contributed by atoms with Crippen LogP contribution in [-0.2, 0) is 4.79 Å². The van der Waals surface area contributed by atoms with Gasteiger partial charge in [-0.3, -0.25) is 14.6 Å². The topological polar surface area (TPSA) is 70.5 Å². The third-order valence-corrected chi connectivity index (χ3v) is 2.82. The summed E-state index contributed by atoms with van der Waals surface area (Å²) in [6.07, 6.45) is 1.06. The summed E-state index contributed by atoms with van der Waals surface area (Å²) in [5, 5.41) is 8.10. The van der Waals surface area contributed by atoms with Gasteiger partial charge in [-0.2, -0.15) is 0 Å². The quantitative estimate of drug-likeness (QED) is 0.877. The van der Waals surface area contributed by atoms with Crippen LogP contribution in [0.1, 0.15) is 10.5 Å². The highest BCUT2D eigenvalue weighted by atomic mass is 19.2. The number of halogens is 3. The van der Waals surface area contributed by atoms with E-state index >= 15 is 0 Å². The van der Waals surface area contributed by atoms with Crippen molar-refractivity contribution in [2.24, 2.45) is 0 Å². The Morgan fingerprint density at radius 2 is 1.90 bits per heavy atom. The lowest BCUT2D eigenvalue weighted by molar-refractivity contribution is -0.137. The molecule has 0 radical (unpaired) electrons. The van der Waals surface area contributed by atoms with Crippen molar-refractivity contribution in [2.75, 3.05) is 13.6 Å². The number of amides is 1. The molecule has 2 aromatic rings. The standard InChI is InChI=1S/C13H9F3N2O3/c1-18(5-9(19)20)13(21)12-7-4-8(14)11(16)10(15)6(7)2-3-17-12/h2-4H,5H2,1H3,(H,19,20). The molecular weight excluding hydrogens is 289 g/mol. The van der Waals surface area contributed by atoms with E-state index < -0.39 is 35.9 Å². The number of pyridine rings is 1. The largest absolute Gasteiger partial charge is 0.480 e. The molecule has 2 rings (SSSR count). The van der Waals surface area contributed by atoms with E-state index in [0.29, 0.717) is 6.07 Å². The van der Waals surface area contributed by atoms with E-state index in [0.717, 1.165) is 17.2 Å². The van der Waals surface area contributed by atoms with Gasteiger partial charge in [0.2, 0.25) is 0 Å². The van der Waals surface area contributed by atoms with Crippen LogP contribution in [0.15, 0.2) is 18.3 Å². The number of nitrogens with zero attached hydrogens (tertiary/aromatic N) is 2. The van der Waals surface area contributed by atoms with E-state index in [2.05, 4.69) is 4.98 Å². The van der Waals surface area contributed by atoms with Gasteiger partial charge in [-0.25, -0.2) is 13.2 Å². The van der Waals surface area contributed by atoms with Crippen molar-refractivity contribution < 1.29 is 27.9 Å². The van der Waals surface area contributed by atoms with Crippen LogP contribution in [0.25, 0.3) is 10.8 Å². The van der Waals surface area contributed by atoms with Gasteiger partial charge in [0.05, 0.1) is 0 Å². The van der Waals surface area contributed by atoms with Crippen LogP contribution in [0.3, 0.4) is 0 Å². The lowest BCUT2D eigenvalue weighted by Crippen LogP contribution is -2.32. The Bertz CT molecular complexity index is 749. The Morgan fingerprint density at radius 1 is 1.24 bits per heavy atom. The number of hydrogen-bond acceptors (Lipinski definition) is 3. The summed E-state index contributed by atoms with van der Waals surface area (Å²) >= 11 is 0. The van der Waals surface area contributed by atoms with Crippen molar-refractivity contribution in [3.63, 3.8) is 0 Å². The number of carboxylic acid groups (broad SMARTS) is 1. The maximum absolute atomic E-state index is 13.7. The minimum Gasteiger partial charge on any atom is -0.480 e. The zero-order valence-corrected chi connectivity index (χ0v) is 10.7. The fourth-order valence-corrected chi connectivity index (χ4v) is 1.85. The summed E-state index contributed by atoms with van der Waals surface area (Å²) in [5.41, 5.74) is -0.353. The van der Waals surface area contributed by atoms with E-state index in [4.69, 9.17) is 5.11 Å². The van der Waals surface area contributed by atoms with Crippen molar-refractivity contribution in [3.8, 4) is 0 Å². The number of likely N-dealkylation sites (N-methyl/N-ethyl adjacent to an activating group) is 1. The Morgan fingerprint density at radius 3 is 2.52 bits per heavy atom. The molecule has 110 valence electrons. The van der Waals surface area contributed by atoms with Crippen LogP contribution in [0.2, 0.25) is 0 Å². The molecule has 0 saturated carbocycles. The molecule has 21 heavy (non-hydrogen) atoms. The third kappa shape index (κ3) is 2.64. The van der Waals surface area contributed by atoms with Crippen molar-refractivity contribution in [2.45, 2.75) is 0 Å². The number of hydrogen-bond donors (Lipinski definition) is 1. The smallest absolute Gasteiger partial charge is 0.323 e. The molecule has 1 aromatic heterocycles. The van der Waals surface area contributed by atoms with E-state index in [-0.39, 0.29) is 16.5 Å². The number of carbonyl (C=O) groups excluding carboxylic acids is 1. The van der Waals surface area contributed by atoms with E-state index in [1.54, 1.807) is 0 Å². The van der Waals surface area contributed by atoms with Crippen LogP contribution < -0.4 is 0 Å². The zero-order chi connectivity index (χ0) is 15.7. The van der Waals surface area contributed by atoms with Crippen LogP contribution in [0, 0.1) is 17.5 Å². The summed E-state index contributed by atoms with van der Waals surface area (Å²) in [6, 6.07) is 1.75. The molecule has 0 aliphatic carbocycles. The monoisotopic (exact) mass is 298 g/mol. The van der Waals surface area contributed by atoms with Gasteiger partial charge < -0.3 is 10.0 Å². The minimum absolute atomic E-state index is 0.226. The fourth-order valence-electron chi connectivity index (χ4n) is 1.85. The van der Waals surface area contributed by atoms with Crippen molar-refractivity contribution in [3.05, 3.63) is 41.5 Å². The second kappa shape index (κ2) is 5.39. The first kappa shape index (κ1) is 14.8. The normalized spacial score (nSPS) is 10.7. The van der Waals surface area contributed by atoms with Crippen molar-refractivity contribution in [1.29, 1.82) is 0 Å². The van der Waals surface area contributed by atoms with Gasteiger partial charge in [-0.05, 0) is 12.1 Å². The number of rotatable bonds is 3. The van der Waals surface area contributed by atoms with Gasteiger partial charge in [-0.1, -0.05) is 0 Å². The minimum atomic E-state index is -1.65. The number of carboxylic acids is 1. The highest BCUT2D eigenvalue weighted by molar-refractivity contribution is 6.05. The molecule has 1 heterocycles. The number of carbonyl (C=O) groups is 2. The molecule has 0 aliphatic rings. The second-order valence-corrected chi connectivity index (χ2v) is 4.30. The van der Waals surface area contributed by atoms with Crippen LogP contribution in [0.5, 0.6) is 0 Å². The summed E-state index contributed by atoms with van der Waals surface area (Å²) in [4.78, 5) is 27.2. The van der Waals surface area contributed by atoms with Crippen LogP contribution in [-0.4, -0.2) is 40.5 Å².